The van der Waals surface area contributed by atoms with Crippen LogP contribution in [-0.4, -0.2) is 36.2 Å². The average molecular weight is 225 g/mol. The zero-order valence-electron chi connectivity index (χ0n) is 11.0. The third-order valence-corrected chi connectivity index (χ3v) is 4.57. The van der Waals surface area contributed by atoms with Crippen molar-refractivity contribution in [2.24, 2.45) is 23.7 Å². The van der Waals surface area contributed by atoms with E-state index in [1.165, 1.54) is 25.8 Å². The molecule has 2 heteroatoms. The molecule has 0 bridgehead atoms. The van der Waals surface area contributed by atoms with Crippen molar-refractivity contribution in [3.63, 3.8) is 0 Å². The van der Waals surface area contributed by atoms with E-state index < -0.39 is 0 Å². The summed E-state index contributed by atoms with van der Waals surface area (Å²) in [6.45, 7) is 6.99. The maximum absolute atomic E-state index is 10.0. The van der Waals surface area contributed by atoms with E-state index in [0.29, 0.717) is 5.92 Å². The zero-order valence-corrected chi connectivity index (χ0v) is 11.0. The number of aliphatic hydroxyl groups excluding tert-OH is 1. The summed E-state index contributed by atoms with van der Waals surface area (Å²) >= 11 is 0. The maximum atomic E-state index is 10.0. The Morgan fingerprint density at radius 3 is 2.31 bits per heavy atom. The standard InChI is InChI=1S/C14H27NO/c1-10-4-5-14(16)13(6-10)9-15(3)8-12-7-11(12)2/h10-14,16H,4-9H2,1-3H3. The second-order valence-corrected chi connectivity index (χ2v) is 6.44. The van der Waals surface area contributed by atoms with E-state index in [1.807, 2.05) is 0 Å². The average Bonchev–Trinajstić information content (AvgIpc) is 2.88. The minimum Gasteiger partial charge on any atom is -0.393 e. The Labute approximate surface area is 100 Å². The summed E-state index contributed by atoms with van der Waals surface area (Å²) in [6.07, 6.45) is 4.80. The normalized spacial score (nSPS) is 43.7. The van der Waals surface area contributed by atoms with Crippen LogP contribution in [0.1, 0.15) is 39.5 Å². The lowest BCUT2D eigenvalue weighted by Gasteiger charge is -2.34. The molecular formula is C14H27NO. The molecule has 1 N–H and O–H groups in total. The van der Waals surface area contributed by atoms with Gasteiger partial charge >= 0.3 is 0 Å². The van der Waals surface area contributed by atoms with Gasteiger partial charge in [0.1, 0.15) is 0 Å². The highest BCUT2D eigenvalue weighted by molar-refractivity contribution is 4.86. The first-order valence-electron chi connectivity index (χ1n) is 6.93. The molecule has 2 fully saturated rings. The van der Waals surface area contributed by atoms with Gasteiger partial charge in [-0.15, -0.1) is 0 Å². The largest absolute Gasteiger partial charge is 0.393 e. The number of hydrogen-bond donors (Lipinski definition) is 1. The molecular weight excluding hydrogens is 198 g/mol. The van der Waals surface area contributed by atoms with Crippen LogP contribution in [0.4, 0.5) is 0 Å². The van der Waals surface area contributed by atoms with Crippen molar-refractivity contribution in [2.75, 3.05) is 20.1 Å². The van der Waals surface area contributed by atoms with Crippen LogP contribution in [0.2, 0.25) is 0 Å². The quantitative estimate of drug-likeness (QED) is 0.794. The van der Waals surface area contributed by atoms with Crippen LogP contribution in [0, 0.1) is 23.7 Å². The molecule has 0 saturated heterocycles. The Bertz CT molecular complexity index is 231. The number of rotatable bonds is 4. The minimum absolute atomic E-state index is 0.0460. The molecule has 0 aliphatic heterocycles. The minimum atomic E-state index is -0.0460. The Morgan fingerprint density at radius 1 is 1.06 bits per heavy atom. The third kappa shape index (κ3) is 3.21. The van der Waals surface area contributed by atoms with Crippen LogP contribution < -0.4 is 0 Å². The van der Waals surface area contributed by atoms with E-state index in [0.717, 1.165) is 30.7 Å². The lowest BCUT2D eigenvalue weighted by atomic mass is 9.80. The van der Waals surface area contributed by atoms with E-state index >= 15 is 0 Å². The second kappa shape index (κ2) is 5.05. The Hall–Kier alpha value is -0.0800. The van der Waals surface area contributed by atoms with Crippen LogP contribution in [0.3, 0.4) is 0 Å². The summed E-state index contributed by atoms with van der Waals surface area (Å²) in [4.78, 5) is 2.44. The van der Waals surface area contributed by atoms with Crippen molar-refractivity contribution in [3.05, 3.63) is 0 Å². The molecule has 2 rings (SSSR count). The van der Waals surface area contributed by atoms with Gasteiger partial charge in [0.2, 0.25) is 0 Å². The lowest BCUT2D eigenvalue weighted by molar-refractivity contribution is 0.0341. The summed E-state index contributed by atoms with van der Waals surface area (Å²) in [5.74, 6) is 3.20. The van der Waals surface area contributed by atoms with Crippen molar-refractivity contribution < 1.29 is 5.11 Å². The molecule has 0 aromatic heterocycles. The molecule has 2 saturated carbocycles. The van der Waals surface area contributed by atoms with Crippen molar-refractivity contribution in [3.8, 4) is 0 Å². The summed E-state index contributed by atoms with van der Waals surface area (Å²) in [5, 5.41) is 10.0. The van der Waals surface area contributed by atoms with E-state index in [2.05, 4.69) is 25.8 Å². The summed E-state index contributed by atoms with van der Waals surface area (Å²) in [5.41, 5.74) is 0. The molecule has 0 amide bonds. The van der Waals surface area contributed by atoms with Gasteiger partial charge in [-0.05, 0) is 56.4 Å². The van der Waals surface area contributed by atoms with Gasteiger partial charge in [-0.2, -0.15) is 0 Å². The van der Waals surface area contributed by atoms with Crippen molar-refractivity contribution in [2.45, 2.75) is 45.6 Å². The van der Waals surface area contributed by atoms with Crippen LogP contribution in [0.5, 0.6) is 0 Å². The highest BCUT2D eigenvalue weighted by Gasteiger charge is 2.34. The third-order valence-electron chi connectivity index (χ3n) is 4.57. The molecule has 0 spiro atoms. The monoisotopic (exact) mass is 225 g/mol. The molecule has 94 valence electrons. The van der Waals surface area contributed by atoms with Crippen molar-refractivity contribution >= 4 is 0 Å². The molecule has 5 atom stereocenters. The number of aliphatic hydroxyl groups is 1. The second-order valence-electron chi connectivity index (χ2n) is 6.44. The van der Waals surface area contributed by atoms with Gasteiger partial charge in [-0.25, -0.2) is 0 Å². The molecule has 2 aliphatic rings. The fraction of sp³-hybridized carbons (Fsp3) is 1.00. The summed E-state index contributed by atoms with van der Waals surface area (Å²) in [6, 6.07) is 0. The lowest BCUT2D eigenvalue weighted by Crippen LogP contribution is -2.37. The first-order chi connectivity index (χ1) is 7.56. The number of hydrogen-bond acceptors (Lipinski definition) is 2. The molecule has 0 heterocycles. The fourth-order valence-corrected chi connectivity index (χ4v) is 3.21. The SMILES string of the molecule is CC1CCC(O)C(CN(C)CC2CC2C)C1. The van der Waals surface area contributed by atoms with Gasteiger partial charge in [-0.3, -0.25) is 0 Å². The van der Waals surface area contributed by atoms with E-state index in [1.54, 1.807) is 0 Å². The Balaban J connectivity index is 1.74. The van der Waals surface area contributed by atoms with Gasteiger partial charge in [-0.1, -0.05) is 13.8 Å². The first kappa shape index (κ1) is 12.4. The van der Waals surface area contributed by atoms with Gasteiger partial charge in [0.25, 0.3) is 0 Å². The van der Waals surface area contributed by atoms with Crippen molar-refractivity contribution in [1.82, 2.24) is 4.90 Å². The van der Waals surface area contributed by atoms with Gasteiger partial charge < -0.3 is 10.0 Å². The molecule has 16 heavy (non-hydrogen) atoms. The van der Waals surface area contributed by atoms with Crippen LogP contribution in [-0.2, 0) is 0 Å². The highest BCUT2D eigenvalue weighted by Crippen LogP contribution is 2.38. The number of nitrogens with zero attached hydrogens (tertiary/aromatic N) is 1. The first-order valence-corrected chi connectivity index (χ1v) is 6.93. The van der Waals surface area contributed by atoms with E-state index in [9.17, 15) is 5.11 Å². The molecule has 2 nitrogen and oxygen atoms in total. The highest BCUT2D eigenvalue weighted by atomic mass is 16.3. The Morgan fingerprint density at radius 2 is 1.69 bits per heavy atom. The zero-order chi connectivity index (χ0) is 11.7. The predicted octanol–water partition coefficient (Wildman–Crippen LogP) is 2.37. The topological polar surface area (TPSA) is 23.5 Å². The molecule has 5 unspecified atom stereocenters. The maximum Gasteiger partial charge on any atom is 0.0580 e. The van der Waals surface area contributed by atoms with E-state index in [-0.39, 0.29) is 6.10 Å². The molecule has 2 aliphatic carbocycles. The fourth-order valence-electron chi connectivity index (χ4n) is 3.21. The van der Waals surface area contributed by atoms with Gasteiger partial charge in [0, 0.05) is 13.1 Å². The van der Waals surface area contributed by atoms with Gasteiger partial charge in [0.15, 0.2) is 0 Å². The van der Waals surface area contributed by atoms with Crippen LogP contribution in [0.25, 0.3) is 0 Å². The van der Waals surface area contributed by atoms with E-state index in [4.69, 9.17) is 0 Å². The van der Waals surface area contributed by atoms with Gasteiger partial charge in [0.05, 0.1) is 6.10 Å². The molecule has 0 aromatic rings. The molecule has 0 aromatic carbocycles. The van der Waals surface area contributed by atoms with Crippen LogP contribution >= 0.6 is 0 Å². The molecule has 0 radical (unpaired) electrons. The smallest absolute Gasteiger partial charge is 0.0580 e. The predicted molar refractivity (Wildman–Crippen MR) is 67.3 cm³/mol. The van der Waals surface area contributed by atoms with Crippen molar-refractivity contribution in [1.29, 1.82) is 0 Å². The summed E-state index contributed by atoms with van der Waals surface area (Å²) < 4.78 is 0. The van der Waals surface area contributed by atoms with Crippen LogP contribution in [0.15, 0.2) is 0 Å². The Kier molecular flexibility index (Phi) is 3.91. The summed E-state index contributed by atoms with van der Waals surface area (Å²) in [7, 11) is 2.22.